The molecule has 116 valence electrons. The van der Waals surface area contributed by atoms with Crippen molar-refractivity contribution < 1.29 is 9.53 Å². The predicted molar refractivity (Wildman–Crippen MR) is 96.7 cm³/mol. The number of carbonyl (C=O) groups is 1. The largest absolute Gasteiger partial charge is 0.496 e. The maximum atomic E-state index is 12.7. The number of thioether (sulfide) groups is 1. The average Bonchev–Trinajstić information content (AvgIpc) is 2.60. The highest BCUT2D eigenvalue weighted by Gasteiger charge is 2.15. The molecule has 0 spiro atoms. The second-order valence-corrected chi connectivity index (χ2v) is 5.90. The first-order valence-electron chi connectivity index (χ1n) is 7.24. The summed E-state index contributed by atoms with van der Waals surface area (Å²) in [6.07, 6.45) is 1.99. The van der Waals surface area contributed by atoms with Crippen LogP contribution in [-0.4, -0.2) is 19.3 Å². The van der Waals surface area contributed by atoms with E-state index in [1.54, 1.807) is 18.9 Å². The number of hydrogen-bond donors (Lipinski definition) is 1. The fourth-order valence-corrected chi connectivity index (χ4v) is 3.06. The van der Waals surface area contributed by atoms with Crippen molar-refractivity contribution >= 4 is 34.1 Å². The molecule has 3 aromatic rings. The number of para-hydroxylation sites is 1. The first kappa shape index (κ1) is 15.4. The minimum absolute atomic E-state index is 0.172. The fraction of sp³-hybridized carbons (Fsp3) is 0.105. The topological polar surface area (TPSA) is 38.3 Å². The molecular weight excluding hydrogens is 306 g/mol. The molecule has 0 aliphatic heterocycles. The van der Waals surface area contributed by atoms with E-state index in [-0.39, 0.29) is 5.91 Å². The lowest BCUT2D eigenvalue weighted by atomic mass is 10.1. The first-order chi connectivity index (χ1) is 11.2. The Morgan fingerprint density at radius 3 is 2.35 bits per heavy atom. The molecule has 0 saturated heterocycles. The molecule has 1 N–H and O–H groups in total. The number of nitrogens with one attached hydrogen (secondary N) is 1. The highest BCUT2D eigenvalue weighted by molar-refractivity contribution is 7.98. The molecule has 3 aromatic carbocycles. The molecule has 23 heavy (non-hydrogen) atoms. The SMILES string of the molecule is COc1cc2ccccc2cc1C(=O)Nc1ccccc1SC. The average molecular weight is 323 g/mol. The molecule has 0 saturated carbocycles. The van der Waals surface area contributed by atoms with Crippen LogP contribution in [0.4, 0.5) is 5.69 Å². The third-order valence-corrected chi connectivity index (χ3v) is 4.46. The molecule has 0 heterocycles. The zero-order valence-corrected chi connectivity index (χ0v) is 13.8. The monoisotopic (exact) mass is 323 g/mol. The fourth-order valence-electron chi connectivity index (χ4n) is 2.50. The lowest BCUT2D eigenvalue weighted by Gasteiger charge is -2.12. The summed E-state index contributed by atoms with van der Waals surface area (Å²) in [6.45, 7) is 0. The van der Waals surface area contributed by atoms with Crippen LogP contribution in [0.5, 0.6) is 5.75 Å². The van der Waals surface area contributed by atoms with Gasteiger partial charge in [0.25, 0.3) is 5.91 Å². The van der Waals surface area contributed by atoms with Gasteiger partial charge in [-0.05, 0) is 41.3 Å². The van der Waals surface area contributed by atoms with Gasteiger partial charge in [0.1, 0.15) is 5.75 Å². The smallest absolute Gasteiger partial charge is 0.259 e. The zero-order valence-electron chi connectivity index (χ0n) is 13.0. The third-order valence-electron chi connectivity index (χ3n) is 3.67. The van der Waals surface area contributed by atoms with Gasteiger partial charge in [0, 0.05) is 4.90 Å². The molecule has 0 aromatic heterocycles. The highest BCUT2D eigenvalue weighted by atomic mass is 32.2. The van der Waals surface area contributed by atoms with Crippen molar-refractivity contribution in [3.8, 4) is 5.75 Å². The quantitative estimate of drug-likeness (QED) is 0.699. The van der Waals surface area contributed by atoms with Crippen LogP contribution >= 0.6 is 11.8 Å². The van der Waals surface area contributed by atoms with Crippen LogP contribution in [0.25, 0.3) is 10.8 Å². The number of carbonyl (C=O) groups excluding carboxylic acids is 1. The van der Waals surface area contributed by atoms with Crippen LogP contribution in [0, 0.1) is 0 Å². The summed E-state index contributed by atoms with van der Waals surface area (Å²) < 4.78 is 5.40. The van der Waals surface area contributed by atoms with E-state index in [1.165, 1.54) is 0 Å². The second-order valence-electron chi connectivity index (χ2n) is 5.05. The number of fused-ring (bicyclic) bond motifs is 1. The number of hydrogen-bond acceptors (Lipinski definition) is 3. The molecule has 3 rings (SSSR count). The Bertz CT molecular complexity index is 861. The van der Waals surface area contributed by atoms with Gasteiger partial charge < -0.3 is 10.1 Å². The van der Waals surface area contributed by atoms with Crippen LogP contribution in [-0.2, 0) is 0 Å². The molecule has 0 atom stereocenters. The van der Waals surface area contributed by atoms with Gasteiger partial charge in [-0.3, -0.25) is 4.79 Å². The van der Waals surface area contributed by atoms with Crippen LogP contribution in [0.3, 0.4) is 0 Å². The maximum Gasteiger partial charge on any atom is 0.259 e. The van der Waals surface area contributed by atoms with Crippen molar-refractivity contribution in [1.29, 1.82) is 0 Å². The summed E-state index contributed by atoms with van der Waals surface area (Å²) in [5.41, 5.74) is 1.34. The lowest BCUT2D eigenvalue weighted by molar-refractivity contribution is 0.102. The molecule has 4 heteroatoms. The van der Waals surface area contributed by atoms with Gasteiger partial charge in [-0.25, -0.2) is 0 Å². The van der Waals surface area contributed by atoms with Crippen molar-refractivity contribution in [3.63, 3.8) is 0 Å². The molecule has 0 bridgehead atoms. The summed E-state index contributed by atoms with van der Waals surface area (Å²) in [6, 6.07) is 19.4. The minimum atomic E-state index is -0.172. The molecule has 0 unspecified atom stereocenters. The Balaban J connectivity index is 2.00. The summed E-state index contributed by atoms with van der Waals surface area (Å²) in [4.78, 5) is 13.7. The van der Waals surface area contributed by atoms with Gasteiger partial charge in [-0.15, -0.1) is 11.8 Å². The van der Waals surface area contributed by atoms with Crippen molar-refractivity contribution in [2.75, 3.05) is 18.7 Å². The lowest BCUT2D eigenvalue weighted by Crippen LogP contribution is -2.13. The standard InChI is InChI=1S/C19H17NO2S/c1-22-17-12-14-8-4-3-7-13(14)11-15(17)19(21)20-16-9-5-6-10-18(16)23-2/h3-12H,1-2H3,(H,20,21). The van der Waals surface area contributed by atoms with E-state index >= 15 is 0 Å². The normalized spacial score (nSPS) is 10.5. The Morgan fingerprint density at radius 1 is 1.00 bits per heavy atom. The molecule has 1 amide bonds. The van der Waals surface area contributed by atoms with Gasteiger partial charge in [0.2, 0.25) is 0 Å². The number of methoxy groups -OCH3 is 1. The van der Waals surface area contributed by atoms with Crippen LogP contribution in [0.1, 0.15) is 10.4 Å². The Kier molecular flexibility index (Phi) is 4.53. The summed E-state index contributed by atoms with van der Waals surface area (Å²) in [5.74, 6) is 0.400. The van der Waals surface area contributed by atoms with Crippen molar-refractivity contribution in [2.45, 2.75) is 4.90 Å². The maximum absolute atomic E-state index is 12.7. The number of ether oxygens (including phenoxy) is 1. The Hall–Kier alpha value is -2.46. The van der Waals surface area contributed by atoms with E-state index in [9.17, 15) is 4.79 Å². The van der Waals surface area contributed by atoms with Crippen molar-refractivity contribution in [2.24, 2.45) is 0 Å². The summed E-state index contributed by atoms with van der Waals surface area (Å²) in [5, 5.41) is 5.03. The zero-order chi connectivity index (χ0) is 16.2. The number of rotatable bonds is 4. The molecule has 0 radical (unpaired) electrons. The third kappa shape index (κ3) is 3.17. The van der Waals surface area contributed by atoms with Crippen molar-refractivity contribution in [1.82, 2.24) is 0 Å². The summed E-state index contributed by atoms with van der Waals surface area (Å²) in [7, 11) is 1.58. The molecule has 0 aliphatic carbocycles. The predicted octanol–water partition coefficient (Wildman–Crippen LogP) is 4.82. The van der Waals surface area contributed by atoms with E-state index in [0.29, 0.717) is 11.3 Å². The molecular formula is C19H17NO2S. The first-order valence-corrected chi connectivity index (χ1v) is 8.46. The van der Waals surface area contributed by atoms with Gasteiger partial charge in [-0.2, -0.15) is 0 Å². The van der Waals surface area contributed by atoms with Crippen molar-refractivity contribution in [3.05, 3.63) is 66.2 Å². The van der Waals surface area contributed by atoms with E-state index < -0.39 is 0 Å². The molecule has 0 fully saturated rings. The molecule has 0 aliphatic rings. The van der Waals surface area contributed by atoms with E-state index in [1.807, 2.05) is 66.9 Å². The van der Waals surface area contributed by atoms with Gasteiger partial charge in [0.15, 0.2) is 0 Å². The number of benzene rings is 3. The van der Waals surface area contributed by atoms with Gasteiger partial charge >= 0.3 is 0 Å². The number of amides is 1. The van der Waals surface area contributed by atoms with Crippen LogP contribution in [0.15, 0.2) is 65.6 Å². The Morgan fingerprint density at radius 2 is 1.65 bits per heavy atom. The second kappa shape index (κ2) is 6.75. The summed E-state index contributed by atoms with van der Waals surface area (Å²) >= 11 is 1.60. The Labute approximate surface area is 139 Å². The molecule has 3 nitrogen and oxygen atoms in total. The van der Waals surface area contributed by atoms with E-state index in [0.717, 1.165) is 21.4 Å². The van der Waals surface area contributed by atoms with Gasteiger partial charge in [-0.1, -0.05) is 36.4 Å². The minimum Gasteiger partial charge on any atom is -0.496 e. The van der Waals surface area contributed by atoms with Crippen LogP contribution in [0.2, 0.25) is 0 Å². The number of anilines is 1. The van der Waals surface area contributed by atoms with Crippen LogP contribution < -0.4 is 10.1 Å². The van der Waals surface area contributed by atoms with Gasteiger partial charge in [0.05, 0.1) is 18.4 Å². The van der Waals surface area contributed by atoms with E-state index in [2.05, 4.69) is 5.32 Å². The van der Waals surface area contributed by atoms with E-state index in [4.69, 9.17) is 4.74 Å². The highest BCUT2D eigenvalue weighted by Crippen LogP contribution is 2.29.